The Labute approximate surface area is 121 Å². The number of aromatic nitrogens is 2. The number of nitrogens with zero attached hydrogens (tertiary/aromatic N) is 1. The number of amides is 1. The zero-order valence-electron chi connectivity index (χ0n) is 12.0. The van der Waals surface area contributed by atoms with Crippen LogP contribution in [0, 0.1) is 13.8 Å². The van der Waals surface area contributed by atoms with E-state index in [1.54, 1.807) is 19.1 Å². The first-order valence-electron chi connectivity index (χ1n) is 6.98. The van der Waals surface area contributed by atoms with E-state index in [9.17, 15) is 9.59 Å². The summed E-state index contributed by atoms with van der Waals surface area (Å²) in [5, 5.41) is 9.50. The summed E-state index contributed by atoms with van der Waals surface area (Å²) in [5.74, 6) is 1.22. The number of carbonyl (C=O) groups excluding carboxylic acids is 1. The molecule has 21 heavy (non-hydrogen) atoms. The predicted octanol–water partition coefficient (Wildman–Crippen LogP) is 1.27. The maximum atomic E-state index is 12.3. The number of furan rings is 1. The summed E-state index contributed by atoms with van der Waals surface area (Å²) in [6.45, 7) is 3.60. The van der Waals surface area contributed by atoms with Gasteiger partial charge in [-0.15, -0.1) is 0 Å². The number of aromatic amines is 1. The minimum atomic E-state index is -0.206. The zero-order valence-corrected chi connectivity index (χ0v) is 12.0. The molecule has 1 aliphatic carbocycles. The normalized spacial score (nSPS) is 17.3. The van der Waals surface area contributed by atoms with E-state index in [0.717, 1.165) is 29.9 Å². The van der Waals surface area contributed by atoms with Gasteiger partial charge in [-0.25, -0.2) is 5.10 Å². The number of nitrogens with one attached hydrogen (secondary N) is 2. The second-order valence-corrected chi connectivity index (χ2v) is 5.44. The van der Waals surface area contributed by atoms with Gasteiger partial charge in [0.05, 0.1) is 11.3 Å². The quantitative estimate of drug-likeness (QED) is 0.870. The molecule has 0 saturated heterocycles. The number of aryl methyl sites for hydroxylation is 3. The van der Waals surface area contributed by atoms with Crippen LogP contribution in [0.25, 0.3) is 0 Å². The summed E-state index contributed by atoms with van der Waals surface area (Å²) in [6.07, 6.45) is 2.20. The lowest BCUT2D eigenvalue weighted by Gasteiger charge is -2.24. The summed E-state index contributed by atoms with van der Waals surface area (Å²) < 4.78 is 5.38. The lowest BCUT2D eigenvalue weighted by Crippen LogP contribution is -2.39. The number of fused-ring (bicyclic) bond motifs is 1. The van der Waals surface area contributed by atoms with E-state index >= 15 is 0 Å². The first kappa shape index (κ1) is 13.6. The molecule has 0 fully saturated rings. The van der Waals surface area contributed by atoms with Crippen molar-refractivity contribution in [1.29, 1.82) is 0 Å². The van der Waals surface area contributed by atoms with Gasteiger partial charge >= 0.3 is 0 Å². The Balaban J connectivity index is 1.74. The fourth-order valence-corrected chi connectivity index (χ4v) is 2.78. The molecule has 110 valence electrons. The average molecular weight is 287 g/mol. The third-order valence-corrected chi connectivity index (χ3v) is 3.79. The highest BCUT2D eigenvalue weighted by Crippen LogP contribution is 2.19. The fraction of sp³-hybridized carbons (Fsp3) is 0.400. The highest BCUT2D eigenvalue weighted by atomic mass is 16.3. The third-order valence-electron chi connectivity index (χ3n) is 3.79. The van der Waals surface area contributed by atoms with Crippen LogP contribution in [0.4, 0.5) is 0 Å². The molecule has 1 amide bonds. The Bertz CT molecular complexity index is 745. The molecule has 6 nitrogen and oxygen atoms in total. The lowest BCUT2D eigenvalue weighted by atomic mass is 9.92. The van der Waals surface area contributed by atoms with Crippen LogP contribution < -0.4 is 10.9 Å². The monoisotopic (exact) mass is 287 g/mol. The molecule has 3 rings (SSSR count). The summed E-state index contributed by atoms with van der Waals surface area (Å²) in [7, 11) is 0. The SMILES string of the molecule is Cc1cc(C(=O)N[C@H]2CCc3n[nH]c(=O)cc3C2)c(C)o1. The molecule has 0 bridgehead atoms. The molecule has 0 unspecified atom stereocenters. The van der Waals surface area contributed by atoms with Gasteiger partial charge in [0.25, 0.3) is 11.5 Å². The second kappa shape index (κ2) is 5.20. The van der Waals surface area contributed by atoms with Crippen molar-refractivity contribution in [3.8, 4) is 0 Å². The van der Waals surface area contributed by atoms with Crippen LogP contribution >= 0.6 is 0 Å². The molecular formula is C15H17N3O3. The maximum absolute atomic E-state index is 12.3. The summed E-state index contributed by atoms with van der Waals surface area (Å²) in [5.41, 5.74) is 2.19. The van der Waals surface area contributed by atoms with Crippen molar-refractivity contribution in [2.75, 3.05) is 0 Å². The number of hydrogen-bond donors (Lipinski definition) is 2. The van der Waals surface area contributed by atoms with Crippen LogP contribution in [0.15, 0.2) is 21.3 Å². The molecular weight excluding hydrogens is 270 g/mol. The predicted molar refractivity (Wildman–Crippen MR) is 76.3 cm³/mol. The van der Waals surface area contributed by atoms with Crippen molar-refractivity contribution in [2.45, 2.75) is 39.2 Å². The fourth-order valence-electron chi connectivity index (χ4n) is 2.78. The van der Waals surface area contributed by atoms with Gasteiger partial charge in [0.15, 0.2) is 0 Å². The van der Waals surface area contributed by atoms with E-state index < -0.39 is 0 Å². The van der Waals surface area contributed by atoms with E-state index in [1.165, 1.54) is 0 Å². The Kier molecular flexibility index (Phi) is 3.37. The van der Waals surface area contributed by atoms with Gasteiger partial charge in [0.1, 0.15) is 11.5 Å². The summed E-state index contributed by atoms with van der Waals surface area (Å²) in [4.78, 5) is 23.6. The van der Waals surface area contributed by atoms with Crippen molar-refractivity contribution < 1.29 is 9.21 Å². The second-order valence-electron chi connectivity index (χ2n) is 5.44. The number of H-pyrrole nitrogens is 1. The van der Waals surface area contributed by atoms with E-state index in [0.29, 0.717) is 17.7 Å². The molecule has 2 heterocycles. The Morgan fingerprint density at radius 1 is 1.43 bits per heavy atom. The zero-order chi connectivity index (χ0) is 15.0. The Morgan fingerprint density at radius 2 is 2.24 bits per heavy atom. The molecule has 1 aliphatic rings. The highest BCUT2D eigenvalue weighted by molar-refractivity contribution is 5.95. The van der Waals surface area contributed by atoms with Crippen LogP contribution in [-0.2, 0) is 12.8 Å². The van der Waals surface area contributed by atoms with Crippen molar-refractivity contribution in [1.82, 2.24) is 15.5 Å². The number of rotatable bonds is 2. The van der Waals surface area contributed by atoms with Crippen LogP contribution in [-0.4, -0.2) is 22.1 Å². The largest absolute Gasteiger partial charge is 0.466 e. The minimum absolute atomic E-state index is 0.0169. The molecule has 0 spiro atoms. The van der Waals surface area contributed by atoms with Crippen LogP contribution in [0.5, 0.6) is 0 Å². The van der Waals surface area contributed by atoms with Gasteiger partial charge in [-0.1, -0.05) is 0 Å². The molecule has 0 aliphatic heterocycles. The lowest BCUT2D eigenvalue weighted by molar-refractivity contribution is 0.0932. The first-order chi connectivity index (χ1) is 10.0. The van der Waals surface area contributed by atoms with Gasteiger partial charge in [0, 0.05) is 12.1 Å². The van der Waals surface area contributed by atoms with E-state index in [4.69, 9.17) is 4.42 Å². The molecule has 2 aromatic heterocycles. The summed E-state index contributed by atoms with van der Waals surface area (Å²) in [6, 6.07) is 3.32. The average Bonchev–Trinajstić information content (AvgIpc) is 2.77. The topological polar surface area (TPSA) is 88.0 Å². The van der Waals surface area contributed by atoms with E-state index in [-0.39, 0.29) is 17.5 Å². The third kappa shape index (κ3) is 2.74. The van der Waals surface area contributed by atoms with E-state index in [2.05, 4.69) is 15.5 Å². The number of carbonyl (C=O) groups is 1. The smallest absolute Gasteiger partial charge is 0.264 e. The van der Waals surface area contributed by atoms with Gasteiger partial charge in [-0.3, -0.25) is 9.59 Å². The Hall–Kier alpha value is -2.37. The van der Waals surface area contributed by atoms with Gasteiger partial charge in [0.2, 0.25) is 0 Å². The molecule has 2 N–H and O–H groups in total. The minimum Gasteiger partial charge on any atom is -0.466 e. The van der Waals surface area contributed by atoms with Crippen molar-refractivity contribution >= 4 is 5.91 Å². The molecule has 0 saturated carbocycles. The number of hydrogen-bond acceptors (Lipinski definition) is 4. The van der Waals surface area contributed by atoms with Crippen molar-refractivity contribution in [3.05, 3.63) is 50.8 Å². The van der Waals surface area contributed by atoms with Crippen molar-refractivity contribution in [2.24, 2.45) is 0 Å². The van der Waals surface area contributed by atoms with Crippen LogP contribution in [0.3, 0.4) is 0 Å². The molecule has 1 atom stereocenters. The molecule has 6 heteroatoms. The first-order valence-corrected chi connectivity index (χ1v) is 6.98. The maximum Gasteiger partial charge on any atom is 0.264 e. The summed E-state index contributed by atoms with van der Waals surface area (Å²) >= 11 is 0. The van der Waals surface area contributed by atoms with Gasteiger partial charge < -0.3 is 9.73 Å². The van der Waals surface area contributed by atoms with Crippen molar-refractivity contribution in [3.63, 3.8) is 0 Å². The van der Waals surface area contributed by atoms with E-state index in [1.807, 2.05) is 6.92 Å². The van der Waals surface area contributed by atoms with Gasteiger partial charge in [-0.05, 0) is 44.7 Å². The van der Waals surface area contributed by atoms with Gasteiger partial charge in [-0.2, -0.15) is 5.10 Å². The highest BCUT2D eigenvalue weighted by Gasteiger charge is 2.23. The molecule has 0 aromatic carbocycles. The van der Waals surface area contributed by atoms with Crippen LogP contribution in [0.1, 0.15) is 39.6 Å². The molecule has 0 radical (unpaired) electrons. The molecule has 2 aromatic rings. The van der Waals surface area contributed by atoms with Crippen LogP contribution in [0.2, 0.25) is 0 Å². The standard InChI is InChI=1S/C15H17N3O3/c1-8-5-12(9(2)21-8)15(20)16-11-3-4-13-10(6-11)7-14(19)18-17-13/h5,7,11H,3-4,6H2,1-2H3,(H,16,20)(H,18,19)/t11-/m0/s1. The Morgan fingerprint density at radius 3 is 2.95 bits per heavy atom.